The number of rotatable bonds is 5. The molecule has 0 saturated heterocycles. The fourth-order valence-corrected chi connectivity index (χ4v) is 3.64. The first-order chi connectivity index (χ1) is 12.5. The SMILES string of the molecule is COc1ccc(-c2csc(NC(=O)c3cccnc3N(C)C)n2)cc1Br. The Morgan fingerprint density at radius 2 is 2.12 bits per heavy atom. The van der Waals surface area contributed by atoms with Crippen LogP contribution in [0.15, 0.2) is 46.4 Å². The average molecular weight is 433 g/mol. The number of hydrogen-bond donors (Lipinski definition) is 1. The van der Waals surface area contributed by atoms with Crippen molar-refractivity contribution in [2.75, 3.05) is 31.4 Å². The van der Waals surface area contributed by atoms with Crippen molar-refractivity contribution in [2.24, 2.45) is 0 Å². The van der Waals surface area contributed by atoms with Crippen LogP contribution in [0.3, 0.4) is 0 Å². The minimum Gasteiger partial charge on any atom is -0.496 e. The van der Waals surface area contributed by atoms with Crippen LogP contribution in [0.1, 0.15) is 10.4 Å². The molecule has 0 atom stereocenters. The Bertz CT molecular complexity index is 942. The molecule has 1 amide bonds. The highest BCUT2D eigenvalue weighted by molar-refractivity contribution is 9.10. The molecule has 0 saturated carbocycles. The van der Waals surface area contributed by atoms with E-state index in [0.717, 1.165) is 21.5 Å². The highest BCUT2D eigenvalue weighted by atomic mass is 79.9. The molecule has 0 fully saturated rings. The summed E-state index contributed by atoms with van der Waals surface area (Å²) in [5, 5.41) is 5.28. The molecule has 1 N–H and O–H groups in total. The maximum Gasteiger partial charge on any atom is 0.261 e. The molecule has 3 rings (SSSR count). The van der Waals surface area contributed by atoms with E-state index in [0.29, 0.717) is 16.5 Å². The smallest absolute Gasteiger partial charge is 0.261 e. The number of carbonyl (C=O) groups is 1. The third-order valence-corrected chi connectivity index (χ3v) is 5.00. The van der Waals surface area contributed by atoms with E-state index in [-0.39, 0.29) is 5.91 Å². The molecule has 2 heterocycles. The molecule has 0 aliphatic carbocycles. The first-order valence-corrected chi connectivity index (χ1v) is 9.40. The van der Waals surface area contributed by atoms with Gasteiger partial charge in [0.25, 0.3) is 5.91 Å². The van der Waals surface area contributed by atoms with Crippen LogP contribution in [0.2, 0.25) is 0 Å². The zero-order valence-corrected chi connectivity index (χ0v) is 16.9. The Morgan fingerprint density at radius 1 is 1.31 bits per heavy atom. The monoisotopic (exact) mass is 432 g/mol. The summed E-state index contributed by atoms with van der Waals surface area (Å²) >= 11 is 4.85. The van der Waals surface area contributed by atoms with Gasteiger partial charge in [-0.25, -0.2) is 9.97 Å². The molecule has 134 valence electrons. The van der Waals surface area contributed by atoms with Crippen molar-refractivity contribution in [3.63, 3.8) is 0 Å². The first-order valence-electron chi connectivity index (χ1n) is 7.72. The number of halogens is 1. The molecule has 0 aliphatic heterocycles. The van der Waals surface area contributed by atoms with Crippen LogP contribution in [0.25, 0.3) is 11.3 Å². The Kier molecular flexibility index (Phi) is 5.53. The summed E-state index contributed by atoms with van der Waals surface area (Å²) in [6.07, 6.45) is 1.66. The van der Waals surface area contributed by atoms with Gasteiger partial charge >= 0.3 is 0 Å². The molecule has 3 aromatic rings. The third kappa shape index (κ3) is 3.86. The maximum absolute atomic E-state index is 12.6. The number of carbonyl (C=O) groups excluding carboxylic acids is 1. The van der Waals surface area contributed by atoms with Crippen LogP contribution in [0.5, 0.6) is 5.75 Å². The van der Waals surface area contributed by atoms with Gasteiger partial charge in [0, 0.05) is 31.2 Å². The van der Waals surface area contributed by atoms with Gasteiger partial charge in [-0.05, 0) is 46.3 Å². The van der Waals surface area contributed by atoms with Crippen LogP contribution in [-0.2, 0) is 0 Å². The Hall–Kier alpha value is -2.45. The van der Waals surface area contributed by atoms with Gasteiger partial charge in [-0.15, -0.1) is 11.3 Å². The van der Waals surface area contributed by atoms with Crippen molar-refractivity contribution < 1.29 is 9.53 Å². The molecule has 2 aromatic heterocycles. The Balaban J connectivity index is 1.81. The van der Waals surface area contributed by atoms with Gasteiger partial charge in [0.2, 0.25) is 0 Å². The quantitative estimate of drug-likeness (QED) is 0.650. The second-order valence-corrected chi connectivity index (χ2v) is 7.32. The Morgan fingerprint density at radius 3 is 2.81 bits per heavy atom. The van der Waals surface area contributed by atoms with Gasteiger partial charge in [-0.3, -0.25) is 10.1 Å². The number of thiazole rings is 1. The zero-order chi connectivity index (χ0) is 18.7. The molecule has 8 heteroatoms. The average Bonchev–Trinajstić information content (AvgIpc) is 3.10. The lowest BCUT2D eigenvalue weighted by atomic mass is 10.2. The summed E-state index contributed by atoms with van der Waals surface area (Å²) < 4.78 is 6.09. The van der Waals surface area contributed by atoms with Crippen LogP contribution in [0, 0.1) is 0 Å². The van der Waals surface area contributed by atoms with Crippen LogP contribution in [0.4, 0.5) is 10.9 Å². The number of pyridine rings is 1. The molecular formula is C18H17BrN4O2S. The number of aromatic nitrogens is 2. The second-order valence-electron chi connectivity index (χ2n) is 5.61. The van der Waals surface area contributed by atoms with Crippen LogP contribution >= 0.6 is 27.3 Å². The molecule has 6 nitrogen and oxygen atoms in total. The molecule has 1 aromatic carbocycles. The summed E-state index contributed by atoms with van der Waals surface area (Å²) in [4.78, 5) is 23.1. The van der Waals surface area contributed by atoms with E-state index >= 15 is 0 Å². The van der Waals surface area contributed by atoms with Crippen molar-refractivity contribution in [3.05, 3.63) is 51.9 Å². The van der Waals surface area contributed by atoms with Crippen molar-refractivity contribution in [3.8, 4) is 17.0 Å². The van der Waals surface area contributed by atoms with Gasteiger partial charge in [-0.2, -0.15) is 0 Å². The predicted octanol–water partition coefficient (Wildman–Crippen LogP) is 4.29. The number of anilines is 2. The number of ether oxygens (including phenoxy) is 1. The lowest BCUT2D eigenvalue weighted by Crippen LogP contribution is -2.19. The van der Waals surface area contributed by atoms with Gasteiger partial charge in [0.05, 0.1) is 22.8 Å². The number of nitrogens with zero attached hydrogens (tertiary/aromatic N) is 3. The van der Waals surface area contributed by atoms with Crippen LogP contribution < -0.4 is 15.0 Å². The zero-order valence-electron chi connectivity index (χ0n) is 14.5. The van der Waals surface area contributed by atoms with E-state index in [2.05, 4.69) is 31.2 Å². The fourth-order valence-electron chi connectivity index (χ4n) is 2.38. The minimum absolute atomic E-state index is 0.237. The van der Waals surface area contributed by atoms with Gasteiger partial charge in [-0.1, -0.05) is 0 Å². The molecule has 0 bridgehead atoms. The normalized spacial score (nSPS) is 10.5. The van der Waals surface area contributed by atoms with Crippen LogP contribution in [-0.4, -0.2) is 37.1 Å². The topological polar surface area (TPSA) is 67.3 Å². The molecule has 0 aliphatic rings. The number of benzene rings is 1. The number of nitrogens with one attached hydrogen (secondary N) is 1. The van der Waals surface area contributed by atoms with Crippen molar-refractivity contribution in [1.82, 2.24) is 9.97 Å². The molecule has 0 radical (unpaired) electrons. The lowest BCUT2D eigenvalue weighted by molar-refractivity contribution is 0.102. The number of methoxy groups -OCH3 is 1. The first kappa shape index (κ1) is 18.3. The molecule has 0 unspecified atom stereocenters. The summed E-state index contributed by atoms with van der Waals surface area (Å²) in [5.74, 6) is 1.13. The predicted molar refractivity (Wildman–Crippen MR) is 108 cm³/mol. The molecule has 26 heavy (non-hydrogen) atoms. The second kappa shape index (κ2) is 7.84. The van der Waals surface area contributed by atoms with Gasteiger partial charge in [0.15, 0.2) is 5.13 Å². The van der Waals surface area contributed by atoms with E-state index < -0.39 is 0 Å². The highest BCUT2D eigenvalue weighted by Crippen LogP contribution is 2.32. The van der Waals surface area contributed by atoms with Crippen molar-refractivity contribution >= 4 is 44.1 Å². The maximum atomic E-state index is 12.6. The number of amides is 1. The standard InChI is InChI=1S/C18H17BrN4O2S/c1-23(2)16-12(5-4-8-20-16)17(24)22-18-21-14(10-26-18)11-6-7-15(25-3)13(19)9-11/h4-10H,1-3H3,(H,21,22,24). The Labute approximate surface area is 164 Å². The number of hydrogen-bond acceptors (Lipinski definition) is 6. The van der Waals surface area contributed by atoms with Crippen molar-refractivity contribution in [1.29, 1.82) is 0 Å². The van der Waals surface area contributed by atoms with E-state index in [1.54, 1.807) is 30.3 Å². The lowest BCUT2D eigenvalue weighted by Gasteiger charge is -2.14. The van der Waals surface area contributed by atoms with Gasteiger partial charge < -0.3 is 9.64 Å². The van der Waals surface area contributed by atoms with E-state index in [1.807, 2.05) is 37.7 Å². The fraction of sp³-hybridized carbons (Fsp3) is 0.167. The molecular weight excluding hydrogens is 416 g/mol. The van der Waals surface area contributed by atoms with E-state index in [9.17, 15) is 4.79 Å². The summed E-state index contributed by atoms with van der Waals surface area (Å²) in [6, 6.07) is 9.22. The summed E-state index contributed by atoms with van der Waals surface area (Å²) in [7, 11) is 5.32. The van der Waals surface area contributed by atoms with Gasteiger partial charge in [0.1, 0.15) is 11.6 Å². The van der Waals surface area contributed by atoms with E-state index in [1.165, 1.54) is 11.3 Å². The summed E-state index contributed by atoms with van der Waals surface area (Å²) in [6.45, 7) is 0. The summed E-state index contributed by atoms with van der Waals surface area (Å²) in [5.41, 5.74) is 2.22. The highest BCUT2D eigenvalue weighted by Gasteiger charge is 2.16. The largest absolute Gasteiger partial charge is 0.496 e. The van der Waals surface area contributed by atoms with Crippen molar-refractivity contribution in [2.45, 2.75) is 0 Å². The third-order valence-electron chi connectivity index (χ3n) is 3.63. The minimum atomic E-state index is -0.237. The van der Waals surface area contributed by atoms with E-state index in [4.69, 9.17) is 4.74 Å². The molecule has 0 spiro atoms.